The van der Waals surface area contributed by atoms with Gasteiger partial charge in [0.1, 0.15) is 0 Å². The molecule has 0 aliphatic heterocycles. The normalized spacial score (nSPS) is 17.3. The maximum atomic E-state index is 6.54. The van der Waals surface area contributed by atoms with Crippen LogP contribution in [0.25, 0.3) is 0 Å². The summed E-state index contributed by atoms with van der Waals surface area (Å²) < 4.78 is 8.23. The molecular formula is C17H27Cl2OSiTi. The summed E-state index contributed by atoms with van der Waals surface area (Å²) >= 11 is -1.62. The Kier molecular flexibility index (Phi) is 9.35. The third-order valence-electron chi connectivity index (χ3n) is 4.40. The average molecular weight is 394 g/mol. The molecule has 1 aliphatic rings. The van der Waals surface area contributed by atoms with Crippen LogP contribution >= 0.6 is 24.8 Å². The van der Waals surface area contributed by atoms with Gasteiger partial charge in [0, 0.05) is 0 Å². The van der Waals surface area contributed by atoms with Crippen molar-refractivity contribution < 1.29 is 20.8 Å². The zero-order valence-corrected chi connectivity index (χ0v) is 18.6. The van der Waals surface area contributed by atoms with E-state index in [1.165, 1.54) is 11.1 Å². The molecule has 0 saturated carbocycles. The summed E-state index contributed by atoms with van der Waals surface area (Å²) in [5.74, 6) is 1.67. The van der Waals surface area contributed by atoms with Gasteiger partial charge in [-0.05, 0) is 0 Å². The van der Waals surface area contributed by atoms with Gasteiger partial charge in [0.05, 0.1) is 0 Å². The topological polar surface area (TPSA) is 9.23 Å². The predicted molar refractivity (Wildman–Crippen MR) is 101 cm³/mol. The molecule has 0 aromatic heterocycles. The van der Waals surface area contributed by atoms with Crippen LogP contribution in [0.1, 0.15) is 27.7 Å². The van der Waals surface area contributed by atoms with Crippen LogP contribution in [-0.4, -0.2) is 6.66 Å². The number of allylic oxidation sites excluding steroid dienone is 4. The Balaban J connectivity index is 0.00000220. The molecular weight excluding hydrogens is 367 g/mol. The molecule has 123 valence electrons. The Morgan fingerprint density at radius 1 is 0.955 bits per heavy atom. The predicted octanol–water partition coefficient (Wildman–Crippen LogP) is 5.69. The maximum Gasteiger partial charge on any atom is -0.147 e. The Labute approximate surface area is 155 Å². The first-order valence-electron chi connectivity index (χ1n) is 7.42. The van der Waals surface area contributed by atoms with E-state index < -0.39 is 24.2 Å². The van der Waals surface area contributed by atoms with E-state index in [0.29, 0.717) is 5.92 Å². The number of halogens is 2. The third-order valence-corrected chi connectivity index (χ3v) is 14.9. The smallest absolute Gasteiger partial charge is 0.147 e. The van der Waals surface area contributed by atoms with Crippen molar-refractivity contribution in [3.63, 3.8) is 0 Å². The van der Waals surface area contributed by atoms with Gasteiger partial charge in [-0.3, -0.25) is 0 Å². The van der Waals surface area contributed by atoms with Crippen LogP contribution in [-0.2, 0) is 17.5 Å². The monoisotopic (exact) mass is 393 g/mol. The van der Waals surface area contributed by atoms with E-state index >= 15 is 0 Å². The molecule has 1 aromatic carbocycles. The van der Waals surface area contributed by atoms with Crippen LogP contribution in [0, 0.1) is 5.92 Å². The van der Waals surface area contributed by atoms with Gasteiger partial charge in [-0.15, -0.1) is 24.8 Å². The Hall–Kier alpha value is 0.0112. The molecule has 1 aromatic rings. The summed E-state index contributed by atoms with van der Waals surface area (Å²) in [6, 6.07) is 10.4. The van der Waals surface area contributed by atoms with Gasteiger partial charge in [0.25, 0.3) is 0 Å². The molecule has 0 saturated heterocycles. The molecule has 1 unspecified atom stereocenters. The summed E-state index contributed by atoms with van der Waals surface area (Å²) in [5.41, 5.74) is 4.58. The van der Waals surface area contributed by atoms with Gasteiger partial charge in [0.15, 0.2) is 0 Å². The van der Waals surface area contributed by atoms with Crippen LogP contribution in [0.4, 0.5) is 0 Å². The van der Waals surface area contributed by atoms with Crippen molar-refractivity contribution in [1.82, 2.24) is 0 Å². The van der Waals surface area contributed by atoms with Gasteiger partial charge in [0.2, 0.25) is 0 Å². The molecule has 5 heteroatoms. The Morgan fingerprint density at radius 3 is 1.91 bits per heavy atom. The molecule has 0 fully saturated rings. The molecule has 1 aliphatic carbocycles. The molecule has 0 radical (unpaired) electrons. The van der Waals surface area contributed by atoms with Gasteiger partial charge in [-0.25, -0.2) is 0 Å². The summed E-state index contributed by atoms with van der Waals surface area (Å²) in [6.07, 6.45) is 0. The number of rotatable bonds is 4. The zero-order valence-electron chi connectivity index (χ0n) is 14.3. The molecule has 2 rings (SSSR count). The van der Waals surface area contributed by atoms with Gasteiger partial charge >= 0.3 is 131 Å². The number of hydrogen-bond donors (Lipinski definition) is 0. The largest absolute Gasteiger partial charge is 0.147 e. The van der Waals surface area contributed by atoms with E-state index in [0.717, 1.165) is 5.75 Å². The molecule has 1 nitrogen and oxygen atoms in total. The van der Waals surface area contributed by atoms with E-state index in [1.807, 2.05) is 0 Å². The van der Waals surface area contributed by atoms with E-state index in [2.05, 4.69) is 71.1 Å². The molecule has 0 bridgehead atoms. The molecule has 22 heavy (non-hydrogen) atoms. The minimum atomic E-state index is -1.62. The van der Waals surface area contributed by atoms with Crippen LogP contribution < -0.4 is 3.32 Å². The van der Waals surface area contributed by atoms with E-state index in [-0.39, 0.29) is 24.8 Å². The third kappa shape index (κ3) is 4.52. The summed E-state index contributed by atoms with van der Waals surface area (Å²) in [6.45, 7) is 13.4. The SMILES string of the molecule is CC1=C(C)C(C)[C]([Ti]([O]c2ccccc2)[SiH](C)C)=C1C.Cl.Cl. The summed E-state index contributed by atoms with van der Waals surface area (Å²) in [4.78, 5) is 0. The van der Waals surface area contributed by atoms with Crippen LogP contribution in [0.15, 0.2) is 50.9 Å². The van der Waals surface area contributed by atoms with Crippen LogP contribution in [0.5, 0.6) is 5.75 Å². The number of benzene rings is 1. The van der Waals surface area contributed by atoms with Gasteiger partial charge in [-0.1, -0.05) is 0 Å². The average Bonchev–Trinajstić information content (AvgIpc) is 2.62. The van der Waals surface area contributed by atoms with Crippen LogP contribution in [0.2, 0.25) is 13.1 Å². The first-order chi connectivity index (χ1) is 9.43. The Bertz CT molecular complexity index is 555. The molecule has 0 heterocycles. The molecule has 0 spiro atoms. The second kappa shape index (κ2) is 9.34. The van der Waals surface area contributed by atoms with Gasteiger partial charge in [-0.2, -0.15) is 0 Å². The standard InChI is InChI=1S/C9H13.C6H6O.C2H7Si.2ClH.Ti/c1-6-5-7(2)9(4)8(6)3;7-6-4-2-1-3-5-6;1-3-2;;;/h6H,1-4H3;1-5,7H;3H,1-2H3;2*1H;/q;;;;;+1/p-1. The van der Waals surface area contributed by atoms with Crippen molar-refractivity contribution in [3.05, 3.63) is 50.9 Å². The minimum Gasteiger partial charge on any atom is -0.147 e. The number of para-hydroxylation sites is 1. The molecule has 0 amide bonds. The fourth-order valence-electron chi connectivity index (χ4n) is 2.86. The van der Waals surface area contributed by atoms with Gasteiger partial charge < -0.3 is 0 Å². The van der Waals surface area contributed by atoms with Crippen molar-refractivity contribution in [2.45, 2.75) is 40.8 Å². The van der Waals surface area contributed by atoms with Crippen molar-refractivity contribution in [3.8, 4) is 5.75 Å². The van der Waals surface area contributed by atoms with Crippen molar-refractivity contribution in [1.29, 1.82) is 0 Å². The second-order valence-electron chi connectivity index (χ2n) is 6.00. The fourth-order valence-corrected chi connectivity index (χ4v) is 12.9. The summed E-state index contributed by atoms with van der Waals surface area (Å²) in [5, 5.41) is 0. The fraction of sp³-hybridized carbons (Fsp3) is 0.412. The summed E-state index contributed by atoms with van der Waals surface area (Å²) in [7, 11) is 0. The zero-order chi connectivity index (χ0) is 14.9. The minimum absolute atomic E-state index is 0. The quantitative estimate of drug-likeness (QED) is 0.597. The van der Waals surface area contributed by atoms with E-state index in [1.54, 1.807) is 9.45 Å². The number of hydrogen-bond acceptors (Lipinski definition) is 1. The second-order valence-corrected chi connectivity index (χ2v) is 18.2. The van der Waals surface area contributed by atoms with Crippen molar-refractivity contribution in [2.24, 2.45) is 5.92 Å². The van der Waals surface area contributed by atoms with Crippen molar-refractivity contribution in [2.75, 3.05) is 0 Å². The van der Waals surface area contributed by atoms with Crippen molar-refractivity contribution >= 4 is 31.5 Å². The molecule has 1 atom stereocenters. The first-order valence-corrected chi connectivity index (χ1v) is 14.4. The van der Waals surface area contributed by atoms with E-state index in [9.17, 15) is 0 Å². The first kappa shape index (κ1) is 22.0. The van der Waals surface area contributed by atoms with E-state index in [4.69, 9.17) is 3.32 Å². The van der Waals surface area contributed by atoms with Crippen LogP contribution in [0.3, 0.4) is 0 Å². The molecule has 0 N–H and O–H groups in total. The Morgan fingerprint density at radius 2 is 1.50 bits per heavy atom. The maximum absolute atomic E-state index is 6.54.